The van der Waals surface area contributed by atoms with Gasteiger partial charge in [0.15, 0.2) is 0 Å². The van der Waals surface area contributed by atoms with E-state index in [1.54, 1.807) is 24.3 Å². The Balaban J connectivity index is 1.44. The normalized spacial score (nSPS) is 22.9. The summed E-state index contributed by atoms with van der Waals surface area (Å²) in [5.74, 6) is -0.171. The van der Waals surface area contributed by atoms with Crippen molar-refractivity contribution >= 4 is 12.0 Å². The number of hydrogen-bond acceptors (Lipinski definition) is 5. The van der Waals surface area contributed by atoms with E-state index in [1.165, 1.54) is 4.90 Å². The van der Waals surface area contributed by atoms with Crippen LogP contribution in [0.3, 0.4) is 0 Å². The Morgan fingerprint density at radius 3 is 2.40 bits per heavy atom. The van der Waals surface area contributed by atoms with Crippen molar-refractivity contribution in [1.29, 1.82) is 5.26 Å². The number of nitrogens with zero attached hydrogens (tertiary/aromatic N) is 3. The zero-order valence-corrected chi connectivity index (χ0v) is 13.7. The Kier molecular flexibility index (Phi) is 5.16. The van der Waals surface area contributed by atoms with E-state index in [0.29, 0.717) is 50.4 Å². The van der Waals surface area contributed by atoms with Crippen LogP contribution in [0.4, 0.5) is 4.79 Å². The third-order valence-corrected chi connectivity index (χ3v) is 4.42. The molecule has 0 aromatic heterocycles. The molecule has 2 aliphatic rings. The lowest BCUT2D eigenvalue weighted by atomic mass is 10.1. The van der Waals surface area contributed by atoms with Gasteiger partial charge in [-0.25, -0.2) is 4.79 Å². The van der Waals surface area contributed by atoms with Crippen molar-refractivity contribution in [3.05, 3.63) is 35.4 Å². The number of amides is 2. The van der Waals surface area contributed by atoms with Gasteiger partial charge in [0.1, 0.15) is 0 Å². The second-order valence-corrected chi connectivity index (χ2v) is 6.27. The molecule has 2 unspecified atom stereocenters. The van der Waals surface area contributed by atoms with E-state index in [2.05, 4.69) is 10.2 Å². The molecular weight excluding hydrogens is 324 g/mol. The fourth-order valence-electron chi connectivity index (χ4n) is 3.24. The van der Waals surface area contributed by atoms with E-state index in [4.69, 9.17) is 15.1 Å². The molecule has 2 heterocycles. The van der Waals surface area contributed by atoms with Gasteiger partial charge in [0.25, 0.3) is 5.91 Å². The van der Waals surface area contributed by atoms with E-state index >= 15 is 0 Å². The standard InChI is InChI=1S/C17H20N4O4/c18-7-12-1-3-13(4-2-12)16(22)19-5-6-20-8-14-10-21(17(23)24)11-15(9-20)25-14/h1-4,14-15H,5-6,8-11H2,(H,19,22)(H,23,24). The van der Waals surface area contributed by atoms with Gasteiger partial charge in [0.2, 0.25) is 0 Å². The van der Waals surface area contributed by atoms with E-state index in [0.717, 1.165) is 0 Å². The van der Waals surface area contributed by atoms with Crippen LogP contribution in [0.25, 0.3) is 0 Å². The number of nitrogens with one attached hydrogen (secondary N) is 1. The van der Waals surface area contributed by atoms with Gasteiger partial charge in [0, 0.05) is 31.7 Å². The summed E-state index contributed by atoms with van der Waals surface area (Å²) in [5, 5.41) is 20.7. The Morgan fingerprint density at radius 2 is 1.84 bits per heavy atom. The van der Waals surface area contributed by atoms with E-state index in [1.807, 2.05) is 6.07 Å². The van der Waals surface area contributed by atoms with Crippen molar-refractivity contribution in [2.75, 3.05) is 39.3 Å². The van der Waals surface area contributed by atoms with Crippen LogP contribution in [0.1, 0.15) is 15.9 Å². The number of benzene rings is 1. The number of ether oxygens (including phenoxy) is 1. The minimum Gasteiger partial charge on any atom is -0.465 e. The average molecular weight is 344 g/mol. The maximum absolute atomic E-state index is 12.1. The summed E-state index contributed by atoms with van der Waals surface area (Å²) in [6.07, 6.45) is -1.13. The van der Waals surface area contributed by atoms with Gasteiger partial charge in [-0.15, -0.1) is 0 Å². The Bertz CT molecular complexity index is 671. The van der Waals surface area contributed by atoms with Gasteiger partial charge in [-0.05, 0) is 24.3 Å². The summed E-state index contributed by atoms with van der Waals surface area (Å²) in [5.41, 5.74) is 1.04. The fourth-order valence-corrected chi connectivity index (χ4v) is 3.24. The highest BCUT2D eigenvalue weighted by molar-refractivity contribution is 5.94. The summed E-state index contributed by atoms with van der Waals surface area (Å²) < 4.78 is 5.79. The minimum absolute atomic E-state index is 0.113. The first-order valence-electron chi connectivity index (χ1n) is 8.19. The lowest BCUT2D eigenvalue weighted by molar-refractivity contribution is -0.131. The van der Waals surface area contributed by atoms with Gasteiger partial charge in [-0.1, -0.05) is 0 Å². The molecule has 1 aromatic carbocycles. The zero-order valence-electron chi connectivity index (χ0n) is 13.7. The highest BCUT2D eigenvalue weighted by Gasteiger charge is 2.36. The number of carboxylic acid groups (broad SMARTS) is 1. The predicted octanol–water partition coefficient (Wildman–Crippen LogP) is 0.351. The summed E-state index contributed by atoms with van der Waals surface area (Å²) >= 11 is 0. The van der Waals surface area contributed by atoms with Gasteiger partial charge < -0.3 is 20.1 Å². The number of fused-ring (bicyclic) bond motifs is 2. The zero-order chi connectivity index (χ0) is 17.8. The molecule has 0 spiro atoms. The van der Waals surface area contributed by atoms with Crippen molar-refractivity contribution in [1.82, 2.24) is 15.1 Å². The quantitative estimate of drug-likeness (QED) is 0.816. The van der Waals surface area contributed by atoms with Gasteiger partial charge >= 0.3 is 6.09 Å². The summed E-state index contributed by atoms with van der Waals surface area (Å²) in [6, 6.07) is 8.52. The molecule has 2 aliphatic heterocycles. The summed E-state index contributed by atoms with van der Waals surface area (Å²) in [6.45, 7) is 3.28. The Hall–Kier alpha value is -2.63. The smallest absolute Gasteiger partial charge is 0.407 e. The molecular formula is C17H20N4O4. The molecule has 2 bridgehead atoms. The second kappa shape index (κ2) is 7.51. The highest BCUT2D eigenvalue weighted by atomic mass is 16.5. The largest absolute Gasteiger partial charge is 0.465 e. The number of carbonyl (C=O) groups excluding carboxylic acids is 1. The van der Waals surface area contributed by atoms with Crippen molar-refractivity contribution in [3.8, 4) is 6.07 Å². The maximum Gasteiger partial charge on any atom is 0.407 e. The SMILES string of the molecule is N#Cc1ccc(C(=O)NCCN2CC3CN(C(=O)O)CC(C2)O3)cc1. The second-order valence-electron chi connectivity index (χ2n) is 6.27. The highest BCUT2D eigenvalue weighted by Crippen LogP contribution is 2.18. The van der Waals surface area contributed by atoms with E-state index in [-0.39, 0.29) is 18.1 Å². The van der Waals surface area contributed by atoms with Crippen molar-refractivity contribution in [2.24, 2.45) is 0 Å². The molecule has 0 aliphatic carbocycles. The van der Waals surface area contributed by atoms with Crippen LogP contribution >= 0.6 is 0 Å². The Morgan fingerprint density at radius 1 is 1.20 bits per heavy atom. The molecule has 8 nitrogen and oxygen atoms in total. The number of hydrogen-bond donors (Lipinski definition) is 2. The first-order chi connectivity index (χ1) is 12.0. The van der Waals surface area contributed by atoms with Crippen LogP contribution in [0.15, 0.2) is 24.3 Å². The topological polar surface area (TPSA) is 106 Å². The first kappa shape index (κ1) is 17.2. The molecule has 2 N–H and O–H groups in total. The third kappa shape index (κ3) is 4.26. The van der Waals surface area contributed by atoms with E-state index in [9.17, 15) is 9.59 Å². The lowest BCUT2D eigenvalue weighted by Crippen LogP contribution is -2.60. The fraction of sp³-hybridized carbons (Fsp3) is 0.471. The number of nitriles is 1. The molecule has 132 valence electrons. The lowest BCUT2D eigenvalue weighted by Gasteiger charge is -2.44. The third-order valence-electron chi connectivity index (χ3n) is 4.42. The van der Waals surface area contributed by atoms with Crippen LogP contribution in [0.2, 0.25) is 0 Å². The molecule has 3 rings (SSSR count). The minimum atomic E-state index is -0.901. The van der Waals surface area contributed by atoms with Gasteiger partial charge in [0.05, 0.1) is 36.9 Å². The molecule has 2 atom stereocenters. The van der Waals surface area contributed by atoms with E-state index < -0.39 is 6.09 Å². The van der Waals surface area contributed by atoms with Gasteiger partial charge in [-0.2, -0.15) is 5.26 Å². The van der Waals surface area contributed by atoms with Crippen LogP contribution < -0.4 is 5.32 Å². The summed E-state index contributed by atoms with van der Waals surface area (Å²) in [4.78, 5) is 26.8. The number of rotatable bonds is 4. The van der Waals surface area contributed by atoms with Crippen molar-refractivity contribution in [2.45, 2.75) is 12.2 Å². The molecule has 1 aromatic rings. The molecule has 0 saturated carbocycles. The predicted molar refractivity (Wildman–Crippen MR) is 88.2 cm³/mol. The maximum atomic E-state index is 12.1. The van der Waals surface area contributed by atoms with Crippen LogP contribution in [0.5, 0.6) is 0 Å². The summed E-state index contributed by atoms with van der Waals surface area (Å²) in [7, 11) is 0. The molecule has 2 saturated heterocycles. The van der Waals surface area contributed by atoms with Gasteiger partial charge in [-0.3, -0.25) is 9.69 Å². The first-order valence-corrected chi connectivity index (χ1v) is 8.19. The van der Waals surface area contributed by atoms with Crippen LogP contribution in [-0.2, 0) is 4.74 Å². The van der Waals surface area contributed by atoms with Crippen molar-refractivity contribution < 1.29 is 19.4 Å². The Labute approximate surface area is 145 Å². The molecule has 2 amide bonds. The molecule has 2 fully saturated rings. The molecule has 25 heavy (non-hydrogen) atoms. The number of carbonyl (C=O) groups is 2. The monoisotopic (exact) mass is 344 g/mol. The van der Waals surface area contributed by atoms with Crippen LogP contribution in [-0.4, -0.2) is 78.4 Å². The molecule has 8 heteroatoms. The average Bonchev–Trinajstić information content (AvgIpc) is 2.61. The number of morpholine rings is 2. The molecule has 0 radical (unpaired) electrons. The van der Waals surface area contributed by atoms with Crippen LogP contribution in [0, 0.1) is 11.3 Å². The van der Waals surface area contributed by atoms with Crippen molar-refractivity contribution in [3.63, 3.8) is 0 Å².